The van der Waals surface area contributed by atoms with Gasteiger partial charge in [0.1, 0.15) is 5.82 Å². The van der Waals surface area contributed by atoms with Gasteiger partial charge in [-0.2, -0.15) is 13.2 Å². The summed E-state index contributed by atoms with van der Waals surface area (Å²) >= 11 is 0. The van der Waals surface area contributed by atoms with E-state index in [1.165, 1.54) is 11.0 Å². The second-order valence-corrected chi connectivity index (χ2v) is 11.9. The van der Waals surface area contributed by atoms with Crippen LogP contribution in [0.3, 0.4) is 0 Å². The van der Waals surface area contributed by atoms with E-state index >= 15 is 0 Å². The number of aryl methyl sites for hydroxylation is 1. The van der Waals surface area contributed by atoms with Crippen molar-refractivity contribution >= 4 is 40.4 Å². The number of aromatic nitrogens is 2. The fourth-order valence-corrected chi connectivity index (χ4v) is 6.03. The summed E-state index contributed by atoms with van der Waals surface area (Å²) in [5.41, 5.74) is 11.3. The predicted molar refractivity (Wildman–Crippen MR) is 189 cm³/mol. The summed E-state index contributed by atoms with van der Waals surface area (Å²) in [7, 11) is 0. The quantitative estimate of drug-likeness (QED) is 0.114. The van der Waals surface area contributed by atoms with Crippen LogP contribution in [-0.4, -0.2) is 33.7 Å². The molecular weight excluding hydrogens is 657 g/mol. The van der Waals surface area contributed by atoms with Crippen LogP contribution in [0.15, 0.2) is 121 Å². The number of hydrogen-bond acceptors (Lipinski definition) is 5. The SMILES string of the molecule is CCCCc1nc2ccc(N(C(N)=O)c3ccccc3-c3ccccc3)cc2n1Cc1ccc(-c2ccccc2)c(C(=O)OC(=O)C(F)(F)F)c1. The number of amides is 2. The maximum Gasteiger partial charge on any atom is 0.491 e. The number of fused-ring (bicyclic) bond motifs is 1. The molecule has 1 aromatic heterocycles. The third-order valence-corrected chi connectivity index (χ3v) is 8.42. The van der Waals surface area contributed by atoms with E-state index in [1.54, 1.807) is 48.5 Å². The number of halogens is 3. The minimum absolute atomic E-state index is 0.165. The van der Waals surface area contributed by atoms with E-state index in [9.17, 15) is 27.6 Å². The number of urea groups is 1. The summed E-state index contributed by atoms with van der Waals surface area (Å²) in [6.07, 6.45) is -3.00. The number of benzene rings is 5. The molecule has 0 spiro atoms. The molecule has 8 nitrogen and oxygen atoms in total. The number of nitrogens with zero attached hydrogens (tertiary/aromatic N) is 3. The van der Waals surface area contributed by atoms with Crippen LogP contribution in [0, 0.1) is 0 Å². The summed E-state index contributed by atoms with van der Waals surface area (Å²) in [6.45, 7) is 2.22. The highest BCUT2D eigenvalue weighted by Crippen LogP contribution is 2.37. The molecule has 0 aliphatic rings. The second kappa shape index (κ2) is 14.7. The van der Waals surface area contributed by atoms with Gasteiger partial charge in [-0.15, -0.1) is 0 Å². The van der Waals surface area contributed by atoms with Crippen molar-refractivity contribution in [2.45, 2.75) is 38.9 Å². The number of alkyl halides is 3. The van der Waals surface area contributed by atoms with E-state index in [0.29, 0.717) is 45.5 Å². The Balaban J connectivity index is 1.45. The number of ether oxygens (including phenoxy) is 1. The molecule has 6 aromatic rings. The Morgan fingerprint density at radius 1 is 0.804 bits per heavy atom. The van der Waals surface area contributed by atoms with Crippen LogP contribution < -0.4 is 10.6 Å². The second-order valence-electron chi connectivity index (χ2n) is 11.9. The third-order valence-electron chi connectivity index (χ3n) is 8.42. The molecule has 0 saturated carbocycles. The van der Waals surface area contributed by atoms with Crippen molar-refractivity contribution in [1.29, 1.82) is 0 Å². The van der Waals surface area contributed by atoms with Crippen LogP contribution in [0.4, 0.5) is 29.3 Å². The number of carbonyl (C=O) groups is 3. The summed E-state index contributed by atoms with van der Waals surface area (Å²) in [5.74, 6) is -3.28. The largest absolute Gasteiger partial charge is 0.491 e. The maximum atomic E-state index is 13.1. The molecule has 0 aliphatic carbocycles. The molecule has 0 saturated heterocycles. The van der Waals surface area contributed by atoms with Gasteiger partial charge in [-0.1, -0.05) is 104 Å². The number of primary amides is 1. The van der Waals surface area contributed by atoms with Crippen LogP contribution in [0.1, 0.15) is 41.5 Å². The summed E-state index contributed by atoms with van der Waals surface area (Å²) in [4.78, 5) is 44.2. The minimum Gasteiger partial charge on any atom is -0.383 e. The molecule has 2 N–H and O–H groups in total. The van der Waals surface area contributed by atoms with Crippen LogP contribution >= 0.6 is 0 Å². The van der Waals surface area contributed by atoms with E-state index in [1.807, 2.05) is 71.3 Å². The first-order valence-corrected chi connectivity index (χ1v) is 16.3. The minimum atomic E-state index is -5.35. The lowest BCUT2D eigenvalue weighted by atomic mass is 9.97. The smallest absolute Gasteiger partial charge is 0.383 e. The molecule has 0 unspecified atom stereocenters. The van der Waals surface area contributed by atoms with E-state index < -0.39 is 24.1 Å². The zero-order chi connectivity index (χ0) is 36.1. The van der Waals surface area contributed by atoms with E-state index in [0.717, 1.165) is 29.8 Å². The van der Waals surface area contributed by atoms with E-state index in [2.05, 4.69) is 11.7 Å². The number of carbonyl (C=O) groups excluding carboxylic acids is 3. The van der Waals surface area contributed by atoms with Gasteiger partial charge in [0, 0.05) is 18.5 Å². The van der Waals surface area contributed by atoms with Gasteiger partial charge in [-0.05, 0) is 59.0 Å². The molecule has 0 aliphatic heterocycles. The lowest BCUT2D eigenvalue weighted by Crippen LogP contribution is -2.31. The van der Waals surface area contributed by atoms with Crippen molar-refractivity contribution in [3.8, 4) is 22.3 Å². The first-order valence-electron chi connectivity index (χ1n) is 16.3. The summed E-state index contributed by atoms with van der Waals surface area (Å²) < 4.78 is 45.4. The molecule has 0 atom stereocenters. The molecule has 1 heterocycles. The van der Waals surface area contributed by atoms with Gasteiger partial charge in [0.25, 0.3) is 0 Å². The fraction of sp³-hybridized carbons (Fsp3) is 0.150. The Bertz CT molecular complexity index is 2220. The van der Waals surface area contributed by atoms with Gasteiger partial charge < -0.3 is 15.0 Å². The van der Waals surface area contributed by atoms with Gasteiger partial charge >= 0.3 is 24.1 Å². The van der Waals surface area contributed by atoms with Crippen molar-refractivity contribution in [2.75, 3.05) is 4.90 Å². The van der Waals surface area contributed by atoms with Crippen LogP contribution in [0.25, 0.3) is 33.3 Å². The molecule has 5 aromatic carbocycles. The number of rotatable bonds is 10. The molecule has 0 bridgehead atoms. The maximum absolute atomic E-state index is 13.1. The lowest BCUT2D eigenvalue weighted by molar-refractivity contribution is -0.193. The lowest BCUT2D eigenvalue weighted by Gasteiger charge is -2.24. The van der Waals surface area contributed by atoms with Crippen molar-refractivity contribution in [2.24, 2.45) is 5.73 Å². The molecule has 0 fully saturated rings. The molecule has 258 valence electrons. The first-order chi connectivity index (χ1) is 24.5. The number of anilines is 2. The topological polar surface area (TPSA) is 108 Å². The fourth-order valence-electron chi connectivity index (χ4n) is 6.03. The summed E-state index contributed by atoms with van der Waals surface area (Å²) in [5, 5.41) is 0. The molecule has 11 heteroatoms. The van der Waals surface area contributed by atoms with Gasteiger partial charge in [0.2, 0.25) is 0 Å². The molecule has 51 heavy (non-hydrogen) atoms. The zero-order valence-electron chi connectivity index (χ0n) is 27.6. The molecule has 0 radical (unpaired) electrons. The highest BCUT2D eigenvalue weighted by molar-refractivity contribution is 6.04. The van der Waals surface area contributed by atoms with Gasteiger partial charge in [-0.25, -0.2) is 19.4 Å². The predicted octanol–water partition coefficient (Wildman–Crippen LogP) is 9.22. The van der Waals surface area contributed by atoms with Crippen molar-refractivity contribution in [1.82, 2.24) is 9.55 Å². The number of para-hydroxylation sites is 1. The molecular formula is C40H33F3N4O4. The average Bonchev–Trinajstić information content (AvgIpc) is 3.47. The Kier molecular flexibility index (Phi) is 9.99. The van der Waals surface area contributed by atoms with Gasteiger partial charge in [-0.3, -0.25) is 4.90 Å². The normalized spacial score (nSPS) is 11.4. The van der Waals surface area contributed by atoms with Crippen LogP contribution in [0.2, 0.25) is 0 Å². The zero-order valence-corrected chi connectivity index (χ0v) is 27.6. The Labute approximate surface area is 291 Å². The van der Waals surface area contributed by atoms with Crippen LogP contribution in [0.5, 0.6) is 0 Å². The van der Waals surface area contributed by atoms with Gasteiger partial charge in [0.15, 0.2) is 0 Å². The van der Waals surface area contributed by atoms with E-state index in [-0.39, 0.29) is 12.1 Å². The monoisotopic (exact) mass is 690 g/mol. The number of imidazole rings is 1. The van der Waals surface area contributed by atoms with Crippen molar-refractivity contribution in [3.63, 3.8) is 0 Å². The van der Waals surface area contributed by atoms with Gasteiger partial charge in [0.05, 0.1) is 28.0 Å². The van der Waals surface area contributed by atoms with Crippen molar-refractivity contribution < 1.29 is 32.3 Å². The number of esters is 2. The number of nitrogens with two attached hydrogens (primary N) is 1. The van der Waals surface area contributed by atoms with Crippen LogP contribution in [-0.2, 0) is 22.5 Å². The standard InChI is InChI=1S/C40H33F3N4O4/c1-2-3-18-36-45-33-22-20-29(47(39(44)50)34-17-11-10-16-31(34)28-14-8-5-9-15-28)24-35(33)46(36)25-26-19-21-30(27-12-6-4-7-13-27)32(23-26)37(48)51-38(49)40(41,42)43/h4-17,19-24H,2-3,18,25H2,1H3,(H2,44,50). The Hall–Kier alpha value is -6.23. The van der Waals surface area contributed by atoms with E-state index in [4.69, 9.17) is 10.7 Å². The highest BCUT2D eigenvalue weighted by Gasteiger charge is 2.43. The number of hydrogen-bond donors (Lipinski definition) is 1. The Morgan fingerprint density at radius 2 is 1.45 bits per heavy atom. The van der Waals surface area contributed by atoms with Crippen molar-refractivity contribution in [3.05, 3.63) is 138 Å². The molecule has 6 rings (SSSR count). The third kappa shape index (κ3) is 7.52. The average molecular weight is 691 g/mol. The highest BCUT2D eigenvalue weighted by atomic mass is 19.4. The first kappa shape index (κ1) is 34.6. The summed E-state index contributed by atoms with van der Waals surface area (Å²) in [6, 6.07) is 35.2. The number of unbranched alkanes of at least 4 members (excludes halogenated alkanes) is 1. The Morgan fingerprint density at radius 3 is 2.10 bits per heavy atom. The molecule has 2 amide bonds.